The summed E-state index contributed by atoms with van der Waals surface area (Å²) in [5.41, 5.74) is 7.62. The van der Waals surface area contributed by atoms with Crippen molar-refractivity contribution in [3.8, 4) is 0 Å². The van der Waals surface area contributed by atoms with Gasteiger partial charge in [0.1, 0.15) is 34.9 Å². The summed E-state index contributed by atoms with van der Waals surface area (Å²) in [4.78, 5) is 16.5. The van der Waals surface area contributed by atoms with Crippen molar-refractivity contribution in [1.82, 2.24) is 29.1 Å². The molecule has 4 aromatic rings. The Bertz CT molecular complexity index is 1100. The van der Waals surface area contributed by atoms with Crippen LogP contribution in [0.2, 0.25) is 5.15 Å². The van der Waals surface area contributed by atoms with Gasteiger partial charge in [0.05, 0.1) is 10.8 Å². The summed E-state index contributed by atoms with van der Waals surface area (Å²) in [7, 11) is 0.628. The van der Waals surface area contributed by atoms with Gasteiger partial charge in [-0.3, -0.25) is 0 Å². The van der Waals surface area contributed by atoms with Gasteiger partial charge >= 0.3 is 87.1 Å². The maximum atomic E-state index is 6.30. The first-order valence-corrected chi connectivity index (χ1v) is 27.0. The molecule has 0 unspecified atom stereocenters. The molecule has 0 bridgehead atoms. The molecule has 34 heavy (non-hydrogen) atoms. The number of nitrogen functional groups attached to an aromatic ring is 1. The Balaban J connectivity index is 0.000000528. The monoisotopic (exact) mass is 1200 g/mol. The van der Waals surface area contributed by atoms with E-state index in [1.54, 1.807) is 0 Å². The van der Waals surface area contributed by atoms with E-state index >= 15 is 0 Å². The van der Waals surface area contributed by atoms with Crippen molar-refractivity contribution < 1.29 is 27.9 Å². The number of hydrogen-bond donors (Lipinski definition) is 1. The fourth-order valence-corrected chi connectivity index (χ4v) is 4.86. The number of nitrogens with two attached hydrogens (primary N) is 1. The Labute approximate surface area is 286 Å². The summed E-state index contributed by atoms with van der Waals surface area (Å²) in [6.07, 6.45) is 7.11. The number of halogens is 7. The molecule has 0 aliphatic rings. The van der Waals surface area contributed by atoms with Crippen LogP contribution < -0.4 is 24.2 Å². The van der Waals surface area contributed by atoms with Gasteiger partial charge in [-0.1, -0.05) is 11.6 Å². The summed E-state index contributed by atoms with van der Waals surface area (Å²) >= 11 is 17.1. The normalized spacial score (nSPS) is 10.5. The molecule has 7 nitrogen and oxygen atoms in total. The zero-order valence-corrected chi connectivity index (χ0v) is 33.9. The first-order chi connectivity index (χ1) is 16.0. The van der Waals surface area contributed by atoms with Crippen LogP contribution in [0.5, 0.6) is 0 Å². The van der Waals surface area contributed by atoms with Crippen molar-refractivity contribution >= 4 is 143 Å². The van der Waals surface area contributed by atoms with Crippen molar-refractivity contribution in [3.05, 3.63) is 44.8 Å². The van der Waals surface area contributed by atoms with E-state index in [0.717, 1.165) is 29.2 Å². The van der Waals surface area contributed by atoms with Crippen LogP contribution >= 0.6 is 115 Å². The Hall–Kier alpha value is 2.29. The molecule has 0 saturated carbocycles. The van der Waals surface area contributed by atoms with Crippen molar-refractivity contribution in [2.45, 2.75) is 39.8 Å². The minimum atomic E-state index is -0.190. The predicted octanol–water partition coefficient (Wildman–Crippen LogP) is 5.31. The molecule has 191 valence electrons. The second-order valence-electron chi connectivity index (χ2n) is 6.84. The molecule has 4 heterocycles. The van der Waals surface area contributed by atoms with Crippen molar-refractivity contribution in [3.63, 3.8) is 0 Å². The molecule has 4 aromatic heterocycles. The average molecular weight is 1200 g/mol. The number of aromatic nitrogens is 6. The molecule has 4 rings (SSSR count). The number of anilines is 1. The van der Waals surface area contributed by atoms with Gasteiger partial charge in [-0.05, 0) is 72.9 Å². The fourth-order valence-electron chi connectivity index (χ4n) is 2.85. The second-order valence-corrected chi connectivity index (χ2v) is 21.3. The molecule has 0 amide bonds. The molecule has 0 fully saturated rings. The summed E-state index contributed by atoms with van der Waals surface area (Å²) in [5, 5.41) is 2.43. The van der Waals surface area contributed by atoms with Crippen LogP contribution in [0.1, 0.15) is 39.8 Å². The molecular formula is C19H24ClI6N7V-2. The van der Waals surface area contributed by atoms with E-state index in [1.165, 1.54) is 12.7 Å². The first-order valence-electron chi connectivity index (χ1n) is 9.51. The number of rotatable bonds is 2. The van der Waals surface area contributed by atoms with Gasteiger partial charge in [0.25, 0.3) is 0 Å². The maximum absolute atomic E-state index is 6.30. The molecule has 15 heteroatoms. The third-order valence-electron chi connectivity index (χ3n) is 4.22. The number of hydrogen-bond acceptors (Lipinski definition) is 5. The summed E-state index contributed by atoms with van der Waals surface area (Å²) < 4.78 is 12.7. The van der Waals surface area contributed by atoms with E-state index < -0.39 is 0 Å². The van der Waals surface area contributed by atoms with Crippen LogP contribution in [0.3, 0.4) is 0 Å². The zero-order valence-electron chi connectivity index (χ0n) is 19.8. The number of fused-ring (bicyclic) bond motifs is 2. The van der Waals surface area contributed by atoms with Crippen LogP contribution in [-0.2, 0) is 9.47 Å². The van der Waals surface area contributed by atoms with Crippen molar-refractivity contribution in [2.75, 3.05) is 5.73 Å². The predicted molar refractivity (Wildman–Crippen MR) is 181 cm³/mol. The van der Waals surface area contributed by atoms with Crippen LogP contribution in [0.25, 0.3) is 22.1 Å². The van der Waals surface area contributed by atoms with Gasteiger partial charge in [0.2, 0.25) is 0 Å². The second kappa shape index (κ2) is 18.6. The Kier molecular flexibility index (Phi) is 18.7. The van der Waals surface area contributed by atoms with Crippen LogP contribution in [0, 0.1) is 14.6 Å². The molecular weight excluding hydrogens is 1170 g/mol. The van der Waals surface area contributed by atoms with Crippen molar-refractivity contribution in [2.24, 2.45) is 0 Å². The Morgan fingerprint density at radius 3 is 1.76 bits per heavy atom. The van der Waals surface area contributed by atoms with Gasteiger partial charge in [0, 0.05) is 31.6 Å². The molecule has 0 atom stereocenters. The third kappa shape index (κ3) is 9.80. The van der Waals surface area contributed by atoms with E-state index in [9.17, 15) is 0 Å². The van der Waals surface area contributed by atoms with E-state index in [-0.39, 0.29) is 25.8 Å². The van der Waals surface area contributed by atoms with Gasteiger partial charge < -0.3 is 22.3 Å². The summed E-state index contributed by atoms with van der Waals surface area (Å²) in [5.74, 6) is 0.554. The van der Waals surface area contributed by atoms with Gasteiger partial charge in [-0.25, -0.2) is 19.9 Å². The van der Waals surface area contributed by atoms with E-state index in [4.69, 9.17) is 17.9 Å². The molecule has 2 N–H and O–H groups in total. The van der Waals surface area contributed by atoms with Crippen LogP contribution in [0.4, 0.5) is 5.82 Å². The van der Waals surface area contributed by atoms with Gasteiger partial charge in [-0.15, -0.1) is 0 Å². The zero-order chi connectivity index (χ0) is 26.0. The van der Waals surface area contributed by atoms with Gasteiger partial charge in [-0.2, -0.15) is 0 Å². The van der Waals surface area contributed by atoms with Crippen LogP contribution in [0.15, 0.2) is 25.0 Å². The minimum absolute atomic E-state index is 0. The van der Waals surface area contributed by atoms with Gasteiger partial charge in [0.15, 0.2) is 0 Å². The average Bonchev–Trinajstić information content (AvgIpc) is 3.29. The molecule has 0 aliphatic heterocycles. The SMILES string of the molecule is CC(C)n1cc(I)c2c(Cl)ncnc21.CC(C)n1cc(I)c2c(N)ncnc21.[2H][I-]I.[CH3-].[I][V][I]. The molecule has 0 aromatic carbocycles. The first kappa shape index (κ1) is 34.3. The molecule has 0 spiro atoms. The van der Waals surface area contributed by atoms with Crippen molar-refractivity contribution in [1.29, 1.82) is 0.594 Å². The fraction of sp³-hybridized carbons (Fsp3) is 0.316. The van der Waals surface area contributed by atoms with Crippen LogP contribution in [-0.4, -0.2) is 29.7 Å². The van der Waals surface area contributed by atoms with E-state index in [1.807, 2.05) is 0 Å². The standard InChI is InChI=1S/C9H9ClIN3.C9H11IN4.CH3.HI2.2HI.V/c1-5(2)14-3-6(11)7-8(10)12-4-13-9(7)14;1-5(2)14-3-6(10)7-8(11)12-4-13-9(7)14;;1-2;;;/h3-5H,1-2H3;3-5H,1-2H3,(H2,11,12,13);1H3;1H;2*1H;/q;;2*-1;;;+2/p-2/i;;;1D;;;. The third-order valence-corrected chi connectivity index (χ3v) is 6.14. The summed E-state index contributed by atoms with van der Waals surface area (Å²) in [6, 6.07) is 0.766. The van der Waals surface area contributed by atoms with E-state index in [0.29, 0.717) is 32.5 Å². The number of nitrogens with zero attached hydrogens (tertiary/aromatic N) is 6. The quantitative estimate of drug-likeness (QED) is 0.167. The Morgan fingerprint density at radius 1 is 0.941 bits per heavy atom. The summed E-state index contributed by atoms with van der Waals surface area (Å²) in [6.45, 7) is 8.47. The molecule has 0 saturated heterocycles. The van der Waals surface area contributed by atoms with E-state index in [2.05, 4.69) is 173 Å². The topological polar surface area (TPSA) is 87.4 Å². The molecule has 0 aliphatic carbocycles. The Morgan fingerprint density at radius 2 is 1.32 bits per heavy atom. The molecule has 0 radical (unpaired) electrons.